The smallest absolute Gasteiger partial charge is 0.258 e. The number of anilines is 3. The Morgan fingerprint density at radius 1 is 1.14 bits per heavy atom. The van der Waals surface area contributed by atoms with Crippen LogP contribution in [0.15, 0.2) is 53.2 Å². The number of nitrogens with one attached hydrogen (secondary N) is 2. The number of hydrogen-bond acceptors (Lipinski definition) is 6. The number of amides is 1. The van der Waals surface area contributed by atoms with E-state index in [1.807, 2.05) is 35.8 Å². The van der Waals surface area contributed by atoms with Crippen LogP contribution in [0.5, 0.6) is 0 Å². The van der Waals surface area contributed by atoms with Gasteiger partial charge in [0, 0.05) is 40.3 Å². The minimum Gasteiger partial charge on any atom is -0.354 e. The standard InChI is InChI=1S/C24H24ClFN4O3S2/c1-29(2)9-10-30(35(3,32)33)21-7-5-17(13-19(21)26)27-23(15-8-11-34-14-15)22-18-6-4-16(25)12-20(18)28-24(22)31/h4-8,11-14,27H,9-10H2,1-3H3,(H,28,31). The molecule has 7 nitrogen and oxygen atoms in total. The molecule has 3 aromatic rings. The molecule has 0 bridgehead atoms. The normalized spacial score (nSPS) is 14.6. The molecule has 11 heteroatoms. The van der Waals surface area contributed by atoms with E-state index in [4.69, 9.17) is 11.6 Å². The SMILES string of the molecule is CN(C)CCN(c1ccc(NC(=C2C(=O)Nc3cc(Cl)ccc32)c2ccsc2)cc1F)S(C)(=O)=O. The molecule has 2 N–H and O–H groups in total. The fraction of sp³-hybridized carbons (Fsp3) is 0.208. The molecule has 1 aliphatic heterocycles. The Morgan fingerprint density at radius 3 is 2.54 bits per heavy atom. The van der Waals surface area contributed by atoms with Gasteiger partial charge in [-0.3, -0.25) is 9.10 Å². The fourth-order valence-electron chi connectivity index (χ4n) is 3.77. The van der Waals surface area contributed by atoms with E-state index in [9.17, 15) is 13.2 Å². The van der Waals surface area contributed by atoms with Gasteiger partial charge >= 0.3 is 0 Å². The van der Waals surface area contributed by atoms with E-state index in [0.29, 0.717) is 39.8 Å². The fourth-order valence-corrected chi connectivity index (χ4v) is 5.50. The number of hydrogen-bond donors (Lipinski definition) is 2. The van der Waals surface area contributed by atoms with Crippen LogP contribution in [-0.4, -0.2) is 52.7 Å². The van der Waals surface area contributed by atoms with Crippen LogP contribution in [0.4, 0.5) is 21.5 Å². The van der Waals surface area contributed by atoms with Crippen LogP contribution in [0.1, 0.15) is 11.1 Å². The van der Waals surface area contributed by atoms with Crippen molar-refractivity contribution in [1.29, 1.82) is 0 Å². The lowest BCUT2D eigenvalue weighted by Crippen LogP contribution is -2.36. The topological polar surface area (TPSA) is 81.8 Å². The third-order valence-electron chi connectivity index (χ3n) is 5.42. The third kappa shape index (κ3) is 5.51. The van der Waals surface area contributed by atoms with E-state index in [1.165, 1.54) is 23.5 Å². The van der Waals surface area contributed by atoms with Gasteiger partial charge in [-0.15, -0.1) is 0 Å². The van der Waals surface area contributed by atoms with Crippen molar-refractivity contribution in [2.45, 2.75) is 0 Å². The number of thiophene rings is 1. The molecular formula is C24H24ClFN4O3S2. The number of carbonyl (C=O) groups excluding carboxylic acids is 1. The number of halogens is 2. The zero-order valence-electron chi connectivity index (χ0n) is 19.3. The maximum atomic E-state index is 15.2. The molecule has 0 atom stereocenters. The molecule has 0 radical (unpaired) electrons. The average molecular weight is 535 g/mol. The zero-order chi connectivity index (χ0) is 25.3. The van der Waals surface area contributed by atoms with Gasteiger partial charge in [0.25, 0.3) is 5.91 Å². The lowest BCUT2D eigenvalue weighted by Gasteiger charge is -2.25. The first-order valence-corrected chi connectivity index (χ1v) is 13.8. The highest BCUT2D eigenvalue weighted by Crippen LogP contribution is 2.39. The summed E-state index contributed by atoms with van der Waals surface area (Å²) in [5.74, 6) is -1.00. The number of benzene rings is 2. The van der Waals surface area contributed by atoms with Crippen molar-refractivity contribution in [3.05, 3.63) is 75.2 Å². The van der Waals surface area contributed by atoms with Gasteiger partial charge in [-0.2, -0.15) is 11.3 Å². The van der Waals surface area contributed by atoms with Crippen molar-refractivity contribution in [2.24, 2.45) is 0 Å². The molecule has 0 fully saturated rings. The molecule has 0 saturated carbocycles. The minimum atomic E-state index is -3.69. The molecule has 0 unspecified atom stereocenters. The van der Waals surface area contributed by atoms with Gasteiger partial charge < -0.3 is 15.5 Å². The average Bonchev–Trinajstić information content (AvgIpc) is 3.40. The molecule has 0 spiro atoms. The molecule has 1 amide bonds. The van der Waals surface area contributed by atoms with Crippen LogP contribution >= 0.6 is 22.9 Å². The summed E-state index contributed by atoms with van der Waals surface area (Å²) >= 11 is 7.55. The van der Waals surface area contributed by atoms with Crippen molar-refractivity contribution in [2.75, 3.05) is 48.4 Å². The summed E-state index contributed by atoms with van der Waals surface area (Å²) in [5.41, 5.74) is 3.28. The number of likely N-dealkylation sites (N-methyl/N-ethyl adjacent to an activating group) is 1. The minimum absolute atomic E-state index is 0.0387. The molecule has 4 rings (SSSR count). The van der Waals surface area contributed by atoms with Gasteiger partial charge in [-0.05, 0) is 55.9 Å². The van der Waals surface area contributed by atoms with Gasteiger partial charge in [-0.1, -0.05) is 17.7 Å². The molecular weight excluding hydrogens is 511 g/mol. The monoisotopic (exact) mass is 534 g/mol. The molecule has 184 valence electrons. The number of nitrogens with zero attached hydrogens (tertiary/aromatic N) is 2. The summed E-state index contributed by atoms with van der Waals surface area (Å²) in [6.45, 7) is 0.540. The van der Waals surface area contributed by atoms with Crippen LogP contribution in [0.25, 0.3) is 11.3 Å². The number of carbonyl (C=O) groups is 1. The summed E-state index contributed by atoms with van der Waals surface area (Å²) in [6, 6.07) is 11.2. The second-order valence-corrected chi connectivity index (χ2v) is 11.5. The molecule has 1 aromatic heterocycles. The first kappa shape index (κ1) is 25.2. The largest absolute Gasteiger partial charge is 0.354 e. The maximum Gasteiger partial charge on any atom is 0.258 e. The molecule has 0 saturated heterocycles. The highest BCUT2D eigenvalue weighted by Gasteiger charge is 2.29. The molecule has 35 heavy (non-hydrogen) atoms. The number of fused-ring (bicyclic) bond motifs is 1. The van der Waals surface area contributed by atoms with Crippen LogP contribution in [0, 0.1) is 5.82 Å². The quantitative estimate of drug-likeness (QED) is 0.406. The second-order valence-electron chi connectivity index (χ2n) is 8.34. The van der Waals surface area contributed by atoms with Gasteiger partial charge in [0.1, 0.15) is 5.82 Å². The van der Waals surface area contributed by atoms with E-state index in [0.717, 1.165) is 16.1 Å². The highest BCUT2D eigenvalue weighted by atomic mass is 35.5. The first-order valence-electron chi connectivity index (χ1n) is 10.6. The van der Waals surface area contributed by atoms with E-state index in [1.54, 1.807) is 24.3 Å². The van der Waals surface area contributed by atoms with E-state index >= 15 is 4.39 Å². The predicted molar refractivity (Wildman–Crippen MR) is 142 cm³/mol. The molecule has 1 aliphatic rings. The first-order chi connectivity index (χ1) is 16.5. The van der Waals surface area contributed by atoms with Crippen molar-refractivity contribution < 1.29 is 17.6 Å². The Labute approximate surface area is 212 Å². The lowest BCUT2D eigenvalue weighted by molar-refractivity contribution is -0.110. The summed E-state index contributed by atoms with van der Waals surface area (Å²) in [4.78, 5) is 14.7. The van der Waals surface area contributed by atoms with Crippen molar-refractivity contribution in [1.82, 2.24) is 4.90 Å². The van der Waals surface area contributed by atoms with E-state index in [2.05, 4.69) is 10.6 Å². The Bertz CT molecular complexity index is 1410. The summed E-state index contributed by atoms with van der Waals surface area (Å²) in [6.07, 6.45) is 1.05. The third-order valence-corrected chi connectivity index (χ3v) is 7.52. The van der Waals surface area contributed by atoms with E-state index < -0.39 is 15.8 Å². The van der Waals surface area contributed by atoms with Crippen molar-refractivity contribution in [3.63, 3.8) is 0 Å². The summed E-state index contributed by atoms with van der Waals surface area (Å²) in [5, 5.41) is 10.3. The Kier molecular flexibility index (Phi) is 7.18. The number of sulfonamides is 1. The van der Waals surface area contributed by atoms with Gasteiger partial charge in [-0.25, -0.2) is 12.8 Å². The van der Waals surface area contributed by atoms with Gasteiger partial charge in [0.15, 0.2) is 0 Å². The van der Waals surface area contributed by atoms with Crippen LogP contribution in [-0.2, 0) is 14.8 Å². The molecule has 2 heterocycles. The number of rotatable bonds is 8. The van der Waals surface area contributed by atoms with Crippen LogP contribution in [0.2, 0.25) is 5.02 Å². The van der Waals surface area contributed by atoms with Crippen LogP contribution < -0.4 is 14.9 Å². The molecule has 2 aromatic carbocycles. The summed E-state index contributed by atoms with van der Waals surface area (Å²) < 4.78 is 40.9. The summed E-state index contributed by atoms with van der Waals surface area (Å²) in [7, 11) is -0.0621. The van der Waals surface area contributed by atoms with Crippen LogP contribution in [0.3, 0.4) is 0 Å². The maximum absolute atomic E-state index is 15.2. The Balaban J connectivity index is 1.74. The van der Waals surface area contributed by atoms with E-state index in [-0.39, 0.29) is 18.1 Å². The van der Waals surface area contributed by atoms with Crippen molar-refractivity contribution >= 4 is 67.2 Å². The lowest BCUT2D eigenvalue weighted by atomic mass is 10.0. The second kappa shape index (κ2) is 9.98. The Hall–Kier alpha value is -2.92. The Morgan fingerprint density at radius 2 is 1.91 bits per heavy atom. The zero-order valence-corrected chi connectivity index (χ0v) is 21.7. The molecule has 0 aliphatic carbocycles. The van der Waals surface area contributed by atoms with Gasteiger partial charge in [0.2, 0.25) is 10.0 Å². The van der Waals surface area contributed by atoms with Gasteiger partial charge in [0.05, 0.1) is 28.9 Å². The predicted octanol–water partition coefficient (Wildman–Crippen LogP) is 4.80. The highest BCUT2D eigenvalue weighted by molar-refractivity contribution is 7.92. The van der Waals surface area contributed by atoms with Crippen molar-refractivity contribution in [3.8, 4) is 0 Å².